The molecule has 4 aromatic rings. The Balaban J connectivity index is 1.44. The Hall–Kier alpha value is -3.67. The van der Waals surface area contributed by atoms with Gasteiger partial charge in [0.05, 0.1) is 11.1 Å². The number of fused-ring (bicyclic) bond motifs is 2. The molecule has 0 radical (unpaired) electrons. The second kappa shape index (κ2) is 8.11. The van der Waals surface area contributed by atoms with Gasteiger partial charge < -0.3 is 9.64 Å². The molecule has 0 fully saturated rings. The number of benzene rings is 2. The first-order chi connectivity index (χ1) is 15.5. The second-order valence-corrected chi connectivity index (χ2v) is 8.32. The molecule has 0 saturated carbocycles. The second-order valence-electron chi connectivity index (χ2n) is 8.32. The maximum atomic E-state index is 13.2. The van der Waals surface area contributed by atoms with E-state index in [0.29, 0.717) is 19.0 Å². The molecular weight excluding hydrogens is 400 g/mol. The zero-order valence-corrected chi connectivity index (χ0v) is 18.6. The lowest BCUT2D eigenvalue weighted by Gasteiger charge is -2.30. The molecule has 5 rings (SSSR count). The van der Waals surface area contributed by atoms with E-state index in [2.05, 4.69) is 29.4 Å². The number of rotatable bonds is 4. The molecule has 2 aromatic carbocycles. The predicted molar refractivity (Wildman–Crippen MR) is 124 cm³/mol. The standard InChI is InChI=1S/C26H26N4O2/c1-17-24-22(20-10-5-4-6-11-20)15-23(27-25(24)29(3)28-17)32-18(2)26(31)30-14-13-19-9-7-8-12-21(19)16-30/h4-12,15,18H,13-14,16H2,1-3H3. The van der Waals surface area contributed by atoms with Crippen LogP contribution in [0.25, 0.3) is 22.2 Å². The van der Waals surface area contributed by atoms with E-state index in [1.54, 1.807) is 11.6 Å². The smallest absolute Gasteiger partial charge is 0.263 e. The predicted octanol–water partition coefficient (Wildman–Crippen LogP) is 4.30. The van der Waals surface area contributed by atoms with E-state index in [0.717, 1.165) is 34.3 Å². The van der Waals surface area contributed by atoms with Crippen LogP contribution in [0.5, 0.6) is 5.88 Å². The van der Waals surface area contributed by atoms with Gasteiger partial charge in [-0.25, -0.2) is 0 Å². The van der Waals surface area contributed by atoms with E-state index in [1.807, 2.05) is 55.3 Å². The van der Waals surface area contributed by atoms with Crippen LogP contribution in [0.2, 0.25) is 0 Å². The maximum Gasteiger partial charge on any atom is 0.263 e. The van der Waals surface area contributed by atoms with Crippen molar-refractivity contribution in [1.82, 2.24) is 19.7 Å². The summed E-state index contributed by atoms with van der Waals surface area (Å²) in [5, 5.41) is 5.55. The van der Waals surface area contributed by atoms with Crippen molar-refractivity contribution in [3.05, 3.63) is 77.5 Å². The highest BCUT2D eigenvalue weighted by atomic mass is 16.5. The summed E-state index contributed by atoms with van der Waals surface area (Å²) in [6, 6.07) is 20.3. The fraction of sp³-hybridized carbons (Fsp3) is 0.269. The van der Waals surface area contributed by atoms with E-state index >= 15 is 0 Å². The molecule has 0 saturated heterocycles. The summed E-state index contributed by atoms with van der Waals surface area (Å²) in [5.41, 5.74) is 6.24. The van der Waals surface area contributed by atoms with E-state index in [4.69, 9.17) is 9.72 Å². The van der Waals surface area contributed by atoms with Gasteiger partial charge in [-0.15, -0.1) is 0 Å². The summed E-state index contributed by atoms with van der Waals surface area (Å²) in [5.74, 6) is 0.404. The van der Waals surface area contributed by atoms with Crippen molar-refractivity contribution in [3.8, 4) is 17.0 Å². The van der Waals surface area contributed by atoms with E-state index in [9.17, 15) is 4.79 Å². The van der Waals surface area contributed by atoms with Crippen molar-refractivity contribution >= 4 is 16.9 Å². The molecule has 6 nitrogen and oxygen atoms in total. The zero-order chi connectivity index (χ0) is 22.2. The van der Waals surface area contributed by atoms with E-state index in [-0.39, 0.29) is 5.91 Å². The van der Waals surface area contributed by atoms with Gasteiger partial charge in [-0.1, -0.05) is 54.6 Å². The number of carbonyl (C=O) groups excluding carboxylic acids is 1. The Bertz CT molecular complexity index is 1300. The van der Waals surface area contributed by atoms with Gasteiger partial charge in [-0.05, 0) is 42.5 Å². The highest BCUT2D eigenvalue weighted by molar-refractivity contribution is 5.95. The van der Waals surface area contributed by atoms with Crippen molar-refractivity contribution < 1.29 is 9.53 Å². The molecule has 3 heterocycles. The molecule has 0 aliphatic carbocycles. The molecule has 0 spiro atoms. The van der Waals surface area contributed by atoms with Gasteiger partial charge in [0.2, 0.25) is 5.88 Å². The van der Waals surface area contributed by atoms with Crippen LogP contribution in [-0.4, -0.2) is 38.2 Å². The third-order valence-corrected chi connectivity index (χ3v) is 6.12. The number of nitrogens with zero attached hydrogens (tertiary/aromatic N) is 4. The minimum absolute atomic E-state index is 0.0242. The number of amides is 1. The van der Waals surface area contributed by atoms with Crippen molar-refractivity contribution in [3.63, 3.8) is 0 Å². The van der Waals surface area contributed by atoms with Crippen LogP contribution in [0.1, 0.15) is 23.7 Å². The number of hydrogen-bond donors (Lipinski definition) is 0. The van der Waals surface area contributed by atoms with Gasteiger partial charge in [0.15, 0.2) is 11.8 Å². The highest BCUT2D eigenvalue weighted by Gasteiger charge is 2.26. The molecule has 1 unspecified atom stereocenters. The normalized spacial score (nSPS) is 14.3. The summed E-state index contributed by atoms with van der Waals surface area (Å²) in [6.07, 6.45) is 0.230. The number of hydrogen-bond acceptors (Lipinski definition) is 4. The number of pyridine rings is 1. The van der Waals surface area contributed by atoms with Gasteiger partial charge in [-0.2, -0.15) is 10.1 Å². The molecule has 1 atom stereocenters. The van der Waals surface area contributed by atoms with Crippen molar-refractivity contribution in [2.24, 2.45) is 7.05 Å². The molecule has 1 aliphatic heterocycles. The largest absolute Gasteiger partial charge is 0.464 e. The molecule has 2 aromatic heterocycles. The average Bonchev–Trinajstić information content (AvgIpc) is 3.11. The van der Waals surface area contributed by atoms with Gasteiger partial charge in [0.25, 0.3) is 5.91 Å². The Labute approximate surface area is 187 Å². The first-order valence-electron chi connectivity index (χ1n) is 10.9. The lowest BCUT2D eigenvalue weighted by molar-refractivity contribution is -0.139. The van der Waals surface area contributed by atoms with Crippen molar-refractivity contribution in [2.45, 2.75) is 32.9 Å². The van der Waals surface area contributed by atoms with Gasteiger partial charge in [0, 0.05) is 26.2 Å². The van der Waals surface area contributed by atoms with Gasteiger partial charge in [-0.3, -0.25) is 9.48 Å². The first-order valence-corrected chi connectivity index (χ1v) is 10.9. The van der Waals surface area contributed by atoms with Crippen LogP contribution in [0.3, 0.4) is 0 Å². The van der Waals surface area contributed by atoms with Crippen LogP contribution in [-0.2, 0) is 24.8 Å². The maximum absolute atomic E-state index is 13.2. The number of carbonyl (C=O) groups is 1. The van der Waals surface area contributed by atoms with E-state index in [1.165, 1.54) is 11.1 Å². The third-order valence-electron chi connectivity index (χ3n) is 6.12. The summed E-state index contributed by atoms with van der Waals surface area (Å²) in [6.45, 7) is 5.10. The molecule has 32 heavy (non-hydrogen) atoms. The molecule has 6 heteroatoms. The fourth-order valence-electron chi connectivity index (χ4n) is 4.50. The SMILES string of the molecule is Cc1nn(C)c2nc(OC(C)C(=O)N3CCc4ccccc4C3)cc(-c3ccccc3)c12. The van der Waals surface area contributed by atoms with E-state index < -0.39 is 6.10 Å². The quantitative estimate of drug-likeness (QED) is 0.488. The Morgan fingerprint density at radius 3 is 2.56 bits per heavy atom. The summed E-state index contributed by atoms with van der Waals surface area (Å²) in [4.78, 5) is 19.7. The molecule has 0 bridgehead atoms. The monoisotopic (exact) mass is 426 g/mol. The lowest BCUT2D eigenvalue weighted by atomic mass is 9.99. The Kier molecular flexibility index (Phi) is 5.13. The van der Waals surface area contributed by atoms with Crippen LogP contribution >= 0.6 is 0 Å². The number of aromatic nitrogens is 3. The third kappa shape index (κ3) is 3.62. The van der Waals surface area contributed by atoms with Crippen molar-refractivity contribution in [2.75, 3.05) is 6.54 Å². The van der Waals surface area contributed by atoms with Crippen LogP contribution < -0.4 is 4.74 Å². The fourth-order valence-corrected chi connectivity index (χ4v) is 4.50. The number of aryl methyl sites for hydroxylation is 2. The van der Waals surface area contributed by atoms with Crippen LogP contribution in [0.15, 0.2) is 60.7 Å². The first kappa shape index (κ1) is 20.2. The van der Waals surface area contributed by atoms with Gasteiger partial charge in [0.1, 0.15) is 0 Å². The Morgan fingerprint density at radius 2 is 1.78 bits per heavy atom. The summed E-state index contributed by atoms with van der Waals surface area (Å²) < 4.78 is 7.87. The summed E-state index contributed by atoms with van der Waals surface area (Å²) in [7, 11) is 1.88. The van der Waals surface area contributed by atoms with Gasteiger partial charge >= 0.3 is 0 Å². The highest BCUT2D eigenvalue weighted by Crippen LogP contribution is 2.33. The zero-order valence-electron chi connectivity index (χ0n) is 18.6. The average molecular weight is 427 g/mol. The molecule has 0 N–H and O–H groups in total. The lowest BCUT2D eigenvalue weighted by Crippen LogP contribution is -2.43. The van der Waals surface area contributed by atoms with Crippen molar-refractivity contribution in [1.29, 1.82) is 0 Å². The molecular formula is C26H26N4O2. The minimum atomic E-state index is -0.636. The Morgan fingerprint density at radius 1 is 1.06 bits per heavy atom. The van der Waals surface area contributed by atoms with Crippen LogP contribution in [0, 0.1) is 6.92 Å². The molecule has 1 aliphatic rings. The number of ether oxygens (including phenoxy) is 1. The van der Waals surface area contributed by atoms with Crippen LogP contribution in [0.4, 0.5) is 0 Å². The summed E-state index contributed by atoms with van der Waals surface area (Å²) >= 11 is 0. The topological polar surface area (TPSA) is 60.2 Å². The molecule has 162 valence electrons. The minimum Gasteiger partial charge on any atom is -0.464 e. The molecule has 1 amide bonds.